The fourth-order valence-electron chi connectivity index (χ4n) is 0.851. The molecule has 1 rings (SSSR count). The third-order valence-electron chi connectivity index (χ3n) is 1.41. The summed E-state index contributed by atoms with van der Waals surface area (Å²) in [5.74, 6) is -1.97. The van der Waals surface area contributed by atoms with Gasteiger partial charge in [0.05, 0.1) is 0 Å². The normalized spacial score (nSPS) is 11.2. The molecule has 15 heavy (non-hydrogen) atoms. The number of alkyl halides is 3. The van der Waals surface area contributed by atoms with Crippen LogP contribution in [0.3, 0.4) is 0 Å². The number of carbonyl (C=O) groups excluding carboxylic acids is 1. The summed E-state index contributed by atoms with van der Waals surface area (Å²) in [6.07, 6.45) is -4.71. The molecule has 0 aliphatic rings. The van der Waals surface area contributed by atoms with E-state index in [1.165, 1.54) is 0 Å². The average Bonchev–Trinajstić information content (AvgIpc) is 2.05. The quantitative estimate of drug-likeness (QED) is 0.783. The van der Waals surface area contributed by atoms with Crippen LogP contribution in [0.25, 0.3) is 0 Å². The van der Waals surface area contributed by atoms with Gasteiger partial charge in [-0.1, -0.05) is 0 Å². The van der Waals surface area contributed by atoms with E-state index in [1.54, 1.807) is 0 Å². The largest absolute Gasteiger partial charge is 0.449 e. The standard InChI is InChI=1S/C8H6F3NO3/c1-4(13)12-5-2-3-6(8(9,10)11)15-7(5)14/h2-3H,1H3,(H,12,13). The van der Waals surface area contributed by atoms with Crippen molar-refractivity contribution in [3.8, 4) is 0 Å². The first-order valence-electron chi connectivity index (χ1n) is 3.79. The van der Waals surface area contributed by atoms with E-state index < -0.39 is 23.5 Å². The van der Waals surface area contributed by atoms with Gasteiger partial charge in [0.25, 0.3) is 0 Å². The lowest BCUT2D eigenvalue weighted by Gasteiger charge is -2.05. The van der Waals surface area contributed by atoms with Gasteiger partial charge in [-0.3, -0.25) is 4.79 Å². The second-order valence-corrected chi connectivity index (χ2v) is 2.68. The van der Waals surface area contributed by atoms with Crippen LogP contribution < -0.4 is 10.9 Å². The number of rotatable bonds is 1. The summed E-state index contributed by atoms with van der Waals surface area (Å²) in [4.78, 5) is 21.5. The van der Waals surface area contributed by atoms with Crippen LogP contribution in [-0.4, -0.2) is 5.91 Å². The fourth-order valence-corrected chi connectivity index (χ4v) is 0.851. The number of carbonyl (C=O) groups is 1. The molecule has 1 aromatic heterocycles. The summed E-state index contributed by atoms with van der Waals surface area (Å²) in [6, 6.07) is 1.42. The molecule has 0 bridgehead atoms. The maximum Gasteiger partial charge on any atom is 0.449 e. The van der Waals surface area contributed by atoms with Crippen LogP contribution in [0.2, 0.25) is 0 Å². The molecule has 0 aromatic carbocycles. The molecule has 0 saturated carbocycles. The molecule has 0 aliphatic carbocycles. The van der Waals surface area contributed by atoms with Crippen molar-refractivity contribution in [3.05, 3.63) is 28.3 Å². The second kappa shape index (κ2) is 3.76. The van der Waals surface area contributed by atoms with Crippen molar-refractivity contribution < 1.29 is 22.4 Å². The topological polar surface area (TPSA) is 59.3 Å². The summed E-state index contributed by atoms with van der Waals surface area (Å²) in [5.41, 5.74) is -1.56. The van der Waals surface area contributed by atoms with Crippen LogP contribution in [0.4, 0.5) is 18.9 Å². The van der Waals surface area contributed by atoms with Gasteiger partial charge in [-0.05, 0) is 12.1 Å². The van der Waals surface area contributed by atoms with Gasteiger partial charge in [0.2, 0.25) is 11.7 Å². The minimum Gasteiger partial charge on any atom is -0.417 e. The summed E-state index contributed by atoms with van der Waals surface area (Å²) in [6.45, 7) is 1.12. The van der Waals surface area contributed by atoms with Crippen molar-refractivity contribution in [2.45, 2.75) is 13.1 Å². The number of halogens is 3. The molecule has 0 fully saturated rings. The Bertz CT molecular complexity index is 435. The highest BCUT2D eigenvalue weighted by atomic mass is 19.4. The number of nitrogens with one attached hydrogen (secondary N) is 1. The predicted molar refractivity (Wildman–Crippen MR) is 44.3 cm³/mol. The van der Waals surface area contributed by atoms with Crippen molar-refractivity contribution in [1.82, 2.24) is 0 Å². The van der Waals surface area contributed by atoms with Crippen LogP contribution in [0.15, 0.2) is 21.3 Å². The maximum absolute atomic E-state index is 12.0. The van der Waals surface area contributed by atoms with E-state index in [0.29, 0.717) is 6.07 Å². The van der Waals surface area contributed by atoms with Crippen LogP contribution in [0, 0.1) is 0 Å². The Labute approximate surface area is 81.7 Å². The monoisotopic (exact) mass is 221 g/mol. The van der Waals surface area contributed by atoms with E-state index in [1.807, 2.05) is 5.32 Å². The highest BCUT2D eigenvalue weighted by Gasteiger charge is 2.34. The van der Waals surface area contributed by atoms with Gasteiger partial charge < -0.3 is 9.73 Å². The van der Waals surface area contributed by atoms with Gasteiger partial charge in [0.1, 0.15) is 5.69 Å². The zero-order valence-electron chi connectivity index (χ0n) is 7.51. The van der Waals surface area contributed by atoms with Gasteiger partial charge in [0, 0.05) is 6.92 Å². The summed E-state index contributed by atoms with van der Waals surface area (Å²) < 4.78 is 40.1. The van der Waals surface area contributed by atoms with E-state index in [-0.39, 0.29) is 5.69 Å². The highest BCUT2D eigenvalue weighted by Crippen LogP contribution is 2.28. The van der Waals surface area contributed by atoms with Gasteiger partial charge in [-0.15, -0.1) is 0 Å². The minimum absolute atomic E-state index is 0.324. The Hall–Kier alpha value is -1.79. The maximum atomic E-state index is 12.0. The van der Waals surface area contributed by atoms with E-state index in [0.717, 1.165) is 13.0 Å². The SMILES string of the molecule is CC(=O)Nc1ccc(C(F)(F)F)oc1=O. The molecule has 1 N–H and O–H groups in total. The molecule has 7 heteroatoms. The van der Waals surface area contributed by atoms with Crippen molar-refractivity contribution in [2.24, 2.45) is 0 Å². The van der Waals surface area contributed by atoms with Crippen molar-refractivity contribution in [2.75, 3.05) is 5.32 Å². The molecule has 0 atom stereocenters. The molecule has 0 unspecified atom stereocenters. The molecule has 0 saturated heterocycles. The van der Waals surface area contributed by atoms with E-state index >= 15 is 0 Å². The van der Waals surface area contributed by atoms with Crippen molar-refractivity contribution >= 4 is 11.6 Å². The highest BCUT2D eigenvalue weighted by molar-refractivity contribution is 5.88. The third-order valence-corrected chi connectivity index (χ3v) is 1.41. The first-order valence-corrected chi connectivity index (χ1v) is 3.79. The second-order valence-electron chi connectivity index (χ2n) is 2.68. The van der Waals surface area contributed by atoms with Crippen molar-refractivity contribution in [3.63, 3.8) is 0 Å². The molecule has 4 nitrogen and oxygen atoms in total. The van der Waals surface area contributed by atoms with Crippen LogP contribution in [0.1, 0.15) is 12.7 Å². The van der Waals surface area contributed by atoms with Crippen molar-refractivity contribution in [1.29, 1.82) is 0 Å². The number of hydrogen-bond donors (Lipinski definition) is 1. The first-order chi connectivity index (χ1) is 6.80. The summed E-state index contributed by atoms with van der Waals surface area (Å²) in [7, 11) is 0. The number of amides is 1. The number of hydrogen-bond acceptors (Lipinski definition) is 3. The molecule has 0 aliphatic heterocycles. The lowest BCUT2D eigenvalue weighted by atomic mass is 10.3. The molecule has 0 spiro atoms. The van der Waals surface area contributed by atoms with Gasteiger partial charge >= 0.3 is 11.8 Å². The summed E-state index contributed by atoms with van der Waals surface area (Å²) in [5, 5.41) is 2.04. The smallest absolute Gasteiger partial charge is 0.417 e. The Kier molecular flexibility index (Phi) is 2.83. The van der Waals surface area contributed by atoms with Crippen LogP contribution in [-0.2, 0) is 11.0 Å². The third kappa shape index (κ3) is 2.83. The van der Waals surface area contributed by atoms with E-state index in [4.69, 9.17) is 0 Å². The van der Waals surface area contributed by atoms with E-state index in [2.05, 4.69) is 4.42 Å². The lowest BCUT2D eigenvalue weighted by molar-refractivity contribution is -0.154. The predicted octanol–water partition coefficient (Wildman–Crippen LogP) is 1.62. The minimum atomic E-state index is -4.71. The Morgan fingerprint density at radius 1 is 1.40 bits per heavy atom. The van der Waals surface area contributed by atoms with Gasteiger partial charge in [-0.25, -0.2) is 4.79 Å². The number of anilines is 1. The molecule has 1 heterocycles. The first kappa shape index (κ1) is 11.3. The van der Waals surface area contributed by atoms with Gasteiger partial charge in [0.15, 0.2) is 0 Å². The average molecular weight is 221 g/mol. The molecule has 0 radical (unpaired) electrons. The van der Waals surface area contributed by atoms with E-state index in [9.17, 15) is 22.8 Å². The molecule has 82 valence electrons. The Morgan fingerprint density at radius 2 is 2.00 bits per heavy atom. The zero-order chi connectivity index (χ0) is 11.6. The Balaban J connectivity index is 3.09. The zero-order valence-corrected chi connectivity index (χ0v) is 7.51. The Morgan fingerprint density at radius 3 is 2.40 bits per heavy atom. The molecular weight excluding hydrogens is 215 g/mol. The molecular formula is C8H6F3NO3. The molecule has 1 amide bonds. The van der Waals surface area contributed by atoms with Gasteiger partial charge in [-0.2, -0.15) is 13.2 Å². The van der Waals surface area contributed by atoms with Crippen LogP contribution >= 0.6 is 0 Å². The lowest BCUT2D eigenvalue weighted by Crippen LogP contribution is -2.17. The molecule has 1 aromatic rings. The fraction of sp³-hybridized carbons (Fsp3) is 0.250. The van der Waals surface area contributed by atoms with Crippen LogP contribution in [0.5, 0.6) is 0 Å². The summed E-state index contributed by atoms with van der Waals surface area (Å²) >= 11 is 0.